The smallest absolute Gasteiger partial charge is 0.234 e. The molecule has 1 amide bonds. The average molecular weight is 310 g/mol. The highest BCUT2D eigenvalue weighted by Gasteiger charge is 2.16. The summed E-state index contributed by atoms with van der Waals surface area (Å²) in [4.78, 5) is 17.0. The Balaban J connectivity index is 2.25. The number of carbonyl (C=O) groups excluding carboxylic acids is 1. The number of nitrogens with two attached hydrogens (primary N) is 1. The molecule has 0 bridgehead atoms. The van der Waals surface area contributed by atoms with Gasteiger partial charge in [0.05, 0.1) is 23.2 Å². The van der Waals surface area contributed by atoms with Crippen LogP contribution in [0.4, 0.5) is 0 Å². The van der Waals surface area contributed by atoms with Crippen LogP contribution in [0, 0.1) is 6.92 Å². The predicted octanol–water partition coefficient (Wildman–Crippen LogP) is 2.91. The number of thiazole rings is 1. The summed E-state index contributed by atoms with van der Waals surface area (Å²) in [6.07, 6.45) is 0. The van der Waals surface area contributed by atoms with E-state index in [1.54, 1.807) is 11.3 Å². The summed E-state index contributed by atoms with van der Waals surface area (Å²) < 4.78 is 0. The molecule has 3 N–H and O–H groups in total. The van der Waals surface area contributed by atoms with Crippen LogP contribution in [-0.4, -0.2) is 17.4 Å². The van der Waals surface area contributed by atoms with E-state index in [2.05, 4.69) is 10.3 Å². The van der Waals surface area contributed by atoms with Gasteiger partial charge in [-0.2, -0.15) is 0 Å². The largest absolute Gasteiger partial charge is 0.348 e. The Morgan fingerprint density at radius 1 is 1.45 bits per heavy atom. The predicted molar refractivity (Wildman–Crippen MR) is 82.9 cm³/mol. The first-order chi connectivity index (χ1) is 9.51. The van der Waals surface area contributed by atoms with Gasteiger partial charge < -0.3 is 11.1 Å². The minimum Gasteiger partial charge on any atom is -0.348 e. The lowest BCUT2D eigenvalue weighted by atomic mass is 10.2. The molecular formula is C14H16ClN3OS. The van der Waals surface area contributed by atoms with Gasteiger partial charge in [0.15, 0.2) is 0 Å². The Morgan fingerprint density at radius 2 is 2.10 bits per heavy atom. The maximum atomic E-state index is 11.4. The molecule has 4 nitrogen and oxygen atoms in total. The van der Waals surface area contributed by atoms with E-state index in [1.165, 1.54) is 0 Å². The van der Waals surface area contributed by atoms with E-state index in [0.717, 1.165) is 21.1 Å². The van der Waals surface area contributed by atoms with E-state index < -0.39 is 0 Å². The van der Waals surface area contributed by atoms with Crippen molar-refractivity contribution in [3.8, 4) is 10.6 Å². The average Bonchev–Trinajstić information content (AvgIpc) is 2.81. The first-order valence-electron chi connectivity index (χ1n) is 6.24. The molecule has 1 unspecified atom stereocenters. The maximum Gasteiger partial charge on any atom is 0.234 e. The second-order valence-corrected chi connectivity index (χ2v) is 5.94. The number of aromatic nitrogens is 1. The molecular weight excluding hydrogens is 294 g/mol. The van der Waals surface area contributed by atoms with Crippen molar-refractivity contribution >= 4 is 28.8 Å². The van der Waals surface area contributed by atoms with Gasteiger partial charge in [-0.3, -0.25) is 4.79 Å². The Kier molecular flexibility index (Phi) is 4.75. The van der Waals surface area contributed by atoms with Gasteiger partial charge in [0, 0.05) is 10.6 Å². The van der Waals surface area contributed by atoms with E-state index in [0.29, 0.717) is 5.02 Å². The molecule has 106 valence electrons. The molecule has 1 aromatic heterocycles. The van der Waals surface area contributed by atoms with Crippen molar-refractivity contribution in [2.24, 2.45) is 5.73 Å². The lowest BCUT2D eigenvalue weighted by Gasteiger charge is -2.11. The number of aryl methyl sites for hydroxylation is 1. The van der Waals surface area contributed by atoms with Crippen LogP contribution >= 0.6 is 22.9 Å². The van der Waals surface area contributed by atoms with E-state index in [4.69, 9.17) is 17.3 Å². The fraction of sp³-hybridized carbons (Fsp3) is 0.286. The molecule has 0 aliphatic rings. The van der Waals surface area contributed by atoms with Crippen LogP contribution in [0.1, 0.15) is 23.5 Å². The second kappa shape index (κ2) is 6.35. The van der Waals surface area contributed by atoms with Gasteiger partial charge in [-0.05, 0) is 26.0 Å². The lowest BCUT2D eigenvalue weighted by Crippen LogP contribution is -2.32. The Labute approximate surface area is 127 Å². The third kappa shape index (κ3) is 3.36. The topological polar surface area (TPSA) is 68.0 Å². The van der Waals surface area contributed by atoms with Crippen LogP contribution in [0.3, 0.4) is 0 Å². The van der Waals surface area contributed by atoms with Crippen molar-refractivity contribution in [3.05, 3.63) is 39.9 Å². The van der Waals surface area contributed by atoms with E-state index in [9.17, 15) is 4.79 Å². The van der Waals surface area contributed by atoms with Crippen LogP contribution in [0.2, 0.25) is 5.02 Å². The third-order valence-corrected chi connectivity index (χ3v) is 4.52. The van der Waals surface area contributed by atoms with Crippen molar-refractivity contribution < 1.29 is 4.79 Å². The first kappa shape index (κ1) is 15.0. The van der Waals surface area contributed by atoms with Crippen molar-refractivity contribution in [2.75, 3.05) is 6.54 Å². The minimum atomic E-state index is -0.168. The number of amides is 1. The van der Waals surface area contributed by atoms with Gasteiger partial charge >= 0.3 is 0 Å². The summed E-state index contributed by atoms with van der Waals surface area (Å²) in [6, 6.07) is 7.46. The van der Waals surface area contributed by atoms with E-state index in [-0.39, 0.29) is 18.5 Å². The van der Waals surface area contributed by atoms with Crippen LogP contribution < -0.4 is 11.1 Å². The number of benzene rings is 1. The molecule has 0 spiro atoms. The Morgan fingerprint density at radius 3 is 2.70 bits per heavy atom. The maximum absolute atomic E-state index is 11.4. The molecule has 2 rings (SSSR count). The van der Waals surface area contributed by atoms with Crippen molar-refractivity contribution in [3.63, 3.8) is 0 Å². The van der Waals surface area contributed by atoms with Gasteiger partial charge in [0.1, 0.15) is 5.01 Å². The number of nitrogens with zero attached hydrogens (tertiary/aromatic N) is 1. The van der Waals surface area contributed by atoms with Gasteiger partial charge in [-0.1, -0.05) is 23.7 Å². The van der Waals surface area contributed by atoms with Crippen molar-refractivity contribution in [1.82, 2.24) is 10.3 Å². The summed E-state index contributed by atoms with van der Waals surface area (Å²) >= 11 is 7.45. The number of hydrogen-bond acceptors (Lipinski definition) is 4. The number of hydrogen-bond donors (Lipinski definition) is 2. The Bertz CT molecular complexity index is 609. The summed E-state index contributed by atoms with van der Waals surface area (Å²) in [5, 5.41) is 4.47. The number of halogens is 1. The molecule has 0 fully saturated rings. The fourth-order valence-electron chi connectivity index (χ4n) is 1.89. The SMILES string of the molecule is Cc1nc(-c2ccc(Cl)cc2)sc1C(C)NC(=O)CN. The summed E-state index contributed by atoms with van der Waals surface area (Å²) in [5.74, 6) is -0.168. The molecule has 6 heteroatoms. The number of carbonyl (C=O) groups is 1. The van der Waals surface area contributed by atoms with Gasteiger partial charge in [-0.15, -0.1) is 11.3 Å². The molecule has 0 saturated carbocycles. The third-order valence-electron chi connectivity index (χ3n) is 2.88. The number of rotatable bonds is 4. The monoisotopic (exact) mass is 309 g/mol. The summed E-state index contributed by atoms with van der Waals surface area (Å²) in [7, 11) is 0. The quantitative estimate of drug-likeness (QED) is 0.912. The van der Waals surface area contributed by atoms with Crippen LogP contribution in [-0.2, 0) is 4.79 Å². The minimum absolute atomic E-state index is 0.00771. The highest BCUT2D eigenvalue weighted by Crippen LogP contribution is 2.32. The molecule has 1 aromatic carbocycles. The second-order valence-electron chi connectivity index (χ2n) is 4.47. The highest BCUT2D eigenvalue weighted by molar-refractivity contribution is 7.15. The van der Waals surface area contributed by atoms with Crippen molar-refractivity contribution in [2.45, 2.75) is 19.9 Å². The molecule has 0 saturated heterocycles. The number of nitrogens with one attached hydrogen (secondary N) is 1. The van der Waals surface area contributed by atoms with E-state index in [1.807, 2.05) is 38.1 Å². The van der Waals surface area contributed by atoms with Crippen molar-refractivity contribution in [1.29, 1.82) is 0 Å². The zero-order valence-electron chi connectivity index (χ0n) is 11.3. The first-order valence-corrected chi connectivity index (χ1v) is 7.43. The van der Waals surface area contributed by atoms with Crippen LogP contribution in [0.5, 0.6) is 0 Å². The van der Waals surface area contributed by atoms with Gasteiger partial charge in [0.2, 0.25) is 5.91 Å². The molecule has 2 aromatic rings. The zero-order valence-corrected chi connectivity index (χ0v) is 12.9. The molecule has 0 aliphatic carbocycles. The molecule has 1 atom stereocenters. The summed E-state index contributed by atoms with van der Waals surface area (Å²) in [6.45, 7) is 3.86. The fourth-order valence-corrected chi connectivity index (χ4v) is 3.09. The molecule has 0 aliphatic heterocycles. The Hall–Kier alpha value is -1.43. The normalized spacial score (nSPS) is 12.2. The van der Waals surface area contributed by atoms with E-state index >= 15 is 0 Å². The molecule has 0 radical (unpaired) electrons. The van der Waals surface area contributed by atoms with Crippen LogP contribution in [0.15, 0.2) is 24.3 Å². The van der Waals surface area contributed by atoms with Crippen LogP contribution in [0.25, 0.3) is 10.6 Å². The lowest BCUT2D eigenvalue weighted by molar-refractivity contribution is -0.120. The summed E-state index contributed by atoms with van der Waals surface area (Å²) in [5.41, 5.74) is 7.25. The zero-order chi connectivity index (χ0) is 14.7. The molecule has 1 heterocycles. The molecule has 20 heavy (non-hydrogen) atoms. The van der Waals surface area contributed by atoms with Gasteiger partial charge in [0.25, 0.3) is 0 Å². The highest BCUT2D eigenvalue weighted by atomic mass is 35.5. The van der Waals surface area contributed by atoms with Gasteiger partial charge in [-0.25, -0.2) is 4.98 Å². The standard InChI is InChI=1S/C14H16ClN3OS/c1-8(17-12(19)7-16)13-9(2)18-14(20-13)10-3-5-11(15)6-4-10/h3-6,8H,7,16H2,1-2H3,(H,17,19).